The summed E-state index contributed by atoms with van der Waals surface area (Å²) in [7, 11) is 0. The second kappa shape index (κ2) is 7.78. The number of hydrogen-bond acceptors (Lipinski definition) is 6. The molecule has 1 rings (SSSR count). The van der Waals surface area contributed by atoms with Crippen molar-refractivity contribution in [3.63, 3.8) is 0 Å². The van der Waals surface area contributed by atoms with E-state index in [-0.39, 0.29) is 18.8 Å². The van der Waals surface area contributed by atoms with Gasteiger partial charge in [-0.3, -0.25) is 0 Å². The van der Waals surface area contributed by atoms with E-state index in [1.54, 1.807) is 20.8 Å². The highest BCUT2D eigenvalue weighted by Gasteiger charge is 2.27. The molecule has 19 heavy (non-hydrogen) atoms. The smallest absolute Gasteiger partial charge is 0.347 e. The number of hydrogen-bond donors (Lipinski definition) is 0. The number of esters is 2. The van der Waals surface area contributed by atoms with E-state index >= 15 is 0 Å². The largest absolute Gasteiger partial charge is 0.462 e. The molecule has 1 saturated heterocycles. The van der Waals surface area contributed by atoms with Crippen molar-refractivity contribution in [2.45, 2.75) is 20.8 Å². The van der Waals surface area contributed by atoms with Gasteiger partial charge >= 0.3 is 11.9 Å². The first-order valence-corrected chi connectivity index (χ1v) is 6.49. The summed E-state index contributed by atoms with van der Waals surface area (Å²) in [4.78, 5) is 25.7. The molecule has 1 aliphatic heterocycles. The topological polar surface area (TPSA) is 65.1 Å². The van der Waals surface area contributed by atoms with E-state index in [0.717, 1.165) is 0 Å². The van der Waals surface area contributed by atoms with Gasteiger partial charge in [0.1, 0.15) is 0 Å². The molecule has 6 heteroatoms. The lowest BCUT2D eigenvalue weighted by Gasteiger charge is -2.30. The van der Waals surface area contributed by atoms with Crippen molar-refractivity contribution in [3.8, 4) is 0 Å². The molecule has 1 aliphatic rings. The van der Waals surface area contributed by atoms with Gasteiger partial charge in [-0.05, 0) is 20.8 Å². The van der Waals surface area contributed by atoms with Gasteiger partial charge in [0.05, 0.1) is 26.4 Å². The fourth-order valence-electron chi connectivity index (χ4n) is 1.84. The fraction of sp³-hybridized carbons (Fsp3) is 0.692. The molecule has 0 atom stereocenters. The van der Waals surface area contributed by atoms with E-state index in [2.05, 4.69) is 0 Å². The van der Waals surface area contributed by atoms with Crippen LogP contribution in [0.1, 0.15) is 20.8 Å². The van der Waals surface area contributed by atoms with E-state index in [1.165, 1.54) is 0 Å². The Morgan fingerprint density at radius 3 is 1.95 bits per heavy atom. The first kappa shape index (κ1) is 15.5. The van der Waals surface area contributed by atoms with Crippen molar-refractivity contribution < 1.29 is 23.8 Å². The maximum Gasteiger partial charge on any atom is 0.347 e. The summed E-state index contributed by atoms with van der Waals surface area (Å²) in [6.07, 6.45) is 0. The fourth-order valence-corrected chi connectivity index (χ4v) is 1.84. The summed E-state index contributed by atoms with van der Waals surface area (Å²) in [6.45, 7) is 8.02. The zero-order chi connectivity index (χ0) is 14.3. The zero-order valence-electron chi connectivity index (χ0n) is 11.7. The maximum atomic E-state index is 11.9. The lowest BCUT2D eigenvalue weighted by molar-refractivity contribution is -0.147. The highest BCUT2D eigenvalue weighted by Crippen LogP contribution is 2.15. The molecule has 1 fully saturated rings. The second-order valence-electron chi connectivity index (χ2n) is 4.00. The Bertz CT molecular complexity index is 338. The highest BCUT2D eigenvalue weighted by molar-refractivity contribution is 6.14. The molecule has 0 aromatic rings. The number of rotatable bonds is 5. The molecule has 108 valence electrons. The van der Waals surface area contributed by atoms with Crippen LogP contribution in [0.4, 0.5) is 0 Å². The monoisotopic (exact) mass is 271 g/mol. The standard InChI is InChI=1S/C13H21NO5/c1-4-18-12(15)11(13(16)19-5-2)10(3)14-6-8-17-9-7-14/h4-9H2,1-3H3. The summed E-state index contributed by atoms with van der Waals surface area (Å²) in [5, 5.41) is 0. The van der Waals surface area contributed by atoms with Crippen molar-refractivity contribution >= 4 is 11.9 Å². The number of morpholine rings is 1. The summed E-state index contributed by atoms with van der Waals surface area (Å²) in [5.74, 6) is -1.27. The van der Waals surface area contributed by atoms with Gasteiger partial charge in [-0.25, -0.2) is 9.59 Å². The molecular formula is C13H21NO5. The van der Waals surface area contributed by atoms with Crippen molar-refractivity contribution in [2.24, 2.45) is 0 Å². The summed E-state index contributed by atoms with van der Waals surface area (Å²) < 4.78 is 15.1. The van der Waals surface area contributed by atoms with Crippen molar-refractivity contribution in [2.75, 3.05) is 39.5 Å². The van der Waals surface area contributed by atoms with Crippen LogP contribution in [0.3, 0.4) is 0 Å². The lowest BCUT2D eigenvalue weighted by Crippen LogP contribution is -2.37. The predicted molar refractivity (Wildman–Crippen MR) is 68.4 cm³/mol. The highest BCUT2D eigenvalue weighted by atomic mass is 16.6. The molecular weight excluding hydrogens is 250 g/mol. The van der Waals surface area contributed by atoms with Crippen LogP contribution in [-0.2, 0) is 23.8 Å². The third-order valence-electron chi connectivity index (χ3n) is 2.81. The molecule has 0 saturated carbocycles. The van der Waals surface area contributed by atoms with Gasteiger partial charge < -0.3 is 19.1 Å². The number of ether oxygens (including phenoxy) is 3. The molecule has 0 N–H and O–H groups in total. The van der Waals surface area contributed by atoms with E-state index in [4.69, 9.17) is 14.2 Å². The molecule has 0 bridgehead atoms. The Morgan fingerprint density at radius 1 is 1.05 bits per heavy atom. The Labute approximate surface area is 113 Å². The lowest BCUT2D eigenvalue weighted by atomic mass is 10.2. The second-order valence-corrected chi connectivity index (χ2v) is 4.00. The van der Waals surface area contributed by atoms with E-state index in [0.29, 0.717) is 32.0 Å². The number of allylic oxidation sites excluding steroid dienone is 1. The van der Waals surface area contributed by atoms with Gasteiger partial charge in [0.15, 0.2) is 5.57 Å². The third kappa shape index (κ3) is 4.24. The van der Waals surface area contributed by atoms with E-state index < -0.39 is 11.9 Å². The van der Waals surface area contributed by atoms with E-state index in [9.17, 15) is 9.59 Å². The van der Waals surface area contributed by atoms with Crippen molar-refractivity contribution in [1.82, 2.24) is 4.90 Å². The van der Waals surface area contributed by atoms with Gasteiger partial charge in [-0.15, -0.1) is 0 Å². The normalized spacial score (nSPS) is 14.8. The average Bonchev–Trinajstić information content (AvgIpc) is 2.40. The van der Waals surface area contributed by atoms with Crippen LogP contribution in [0.5, 0.6) is 0 Å². The zero-order valence-corrected chi connectivity index (χ0v) is 11.7. The first-order chi connectivity index (χ1) is 9.11. The average molecular weight is 271 g/mol. The van der Waals surface area contributed by atoms with Gasteiger partial charge in [-0.1, -0.05) is 0 Å². The number of carbonyl (C=O) groups is 2. The number of nitrogens with zero attached hydrogens (tertiary/aromatic N) is 1. The van der Waals surface area contributed by atoms with Gasteiger partial charge in [-0.2, -0.15) is 0 Å². The van der Waals surface area contributed by atoms with Crippen LogP contribution in [0.15, 0.2) is 11.3 Å². The summed E-state index contributed by atoms with van der Waals surface area (Å²) in [5.41, 5.74) is 0.561. The summed E-state index contributed by atoms with van der Waals surface area (Å²) >= 11 is 0. The molecule has 0 amide bonds. The first-order valence-electron chi connectivity index (χ1n) is 6.49. The van der Waals surface area contributed by atoms with E-state index in [1.807, 2.05) is 4.90 Å². The van der Waals surface area contributed by atoms with Crippen LogP contribution < -0.4 is 0 Å². The Balaban J connectivity index is 2.97. The van der Waals surface area contributed by atoms with Crippen LogP contribution in [0.2, 0.25) is 0 Å². The maximum absolute atomic E-state index is 11.9. The molecule has 0 aromatic carbocycles. The molecule has 6 nitrogen and oxygen atoms in total. The van der Waals surface area contributed by atoms with Gasteiger partial charge in [0.2, 0.25) is 0 Å². The predicted octanol–water partition coefficient (Wildman–Crippen LogP) is 0.719. The minimum absolute atomic E-state index is 0.0226. The van der Waals surface area contributed by atoms with Gasteiger partial charge in [0, 0.05) is 18.8 Å². The Morgan fingerprint density at radius 2 is 1.53 bits per heavy atom. The van der Waals surface area contributed by atoms with Gasteiger partial charge in [0.25, 0.3) is 0 Å². The molecule has 0 spiro atoms. The molecule has 1 heterocycles. The van der Waals surface area contributed by atoms with Crippen molar-refractivity contribution in [3.05, 3.63) is 11.3 Å². The SMILES string of the molecule is CCOC(=O)C(C(=O)OCC)=C(C)N1CCOCC1. The molecule has 0 radical (unpaired) electrons. The Kier molecular flexibility index (Phi) is 6.35. The Hall–Kier alpha value is -1.56. The quantitative estimate of drug-likeness (QED) is 0.318. The minimum atomic E-state index is -0.634. The van der Waals surface area contributed by atoms with Crippen LogP contribution in [-0.4, -0.2) is 56.4 Å². The van der Waals surface area contributed by atoms with Crippen LogP contribution in [0.25, 0.3) is 0 Å². The van der Waals surface area contributed by atoms with Crippen molar-refractivity contribution in [1.29, 1.82) is 0 Å². The summed E-state index contributed by atoms with van der Waals surface area (Å²) in [6, 6.07) is 0. The minimum Gasteiger partial charge on any atom is -0.462 e. The van der Waals surface area contributed by atoms with Crippen LogP contribution >= 0.6 is 0 Å². The molecule has 0 aliphatic carbocycles. The van der Waals surface area contributed by atoms with Crippen LogP contribution in [0, 0.1) is 0 Å². The number of carbonyl (C=O) groups excluding carboxylic acids is 2. The molecule has 0 unspecified atom stereocenters. The molecule has 0 aromatic heterocycles. The third-order valence-corrected chi connectivity index (χ3v) is 2.81.